The Kier molecular flexibility index (Phi) is 8.29. The largest absolute Gasteiger partial charge is 0.480 e. The molecule has 0 saturated heterocycles. The number of amides is 1. The van der Waals surface area contributed by atoms with Gasteiger partial charge in [0.05, 0.1) is 13.2 Å². The molecule has 0 aliphatic rings. The Morgan fingerprint density at radius 1 is 1.42 bits per heavy atom. The lowest BCUT2D eigenvalue weighted by Gasteiger charge is -2.24. The summed E-state index contributed by atoms with van der Waals surface area (Å²) in [5, 5.41) is 12.1. The molecule has 6 nitrogen and oxygen atoms in total. The van der Waals surface area contributed by atoms with Gasteiger partial charge in [0.1, 0.15) is 5.75 Å². The van der Waals surface area contributed by atoms with Gasteiger partial charge in [-0.25, -0.2) is 4.79 Å². The zero-order valence-corrected chi connectivity index (χ0v) is 14.5. The highest BCUT2D eigenvalue weighted by Gasteiger charge is 2.29. The summed E-state index contributed by atoms with van der Waals surface area (Å²) in [5.41, 5.74) is 0. The number of nitrogens with one attached hydrogen (secondary N) is 1. The van der Waals surface area contributed by atoms with Crippen LogP contribution in [0.3, 0.4) is 0 Å². The van der Waals surface area contributed by atoms with Gasteiger partial charge in [-0.3, -0.25) is 4.79 Å². The topological polar surface area (TPSA) is 84.9 Å². The Bertz CT molecular complexity index is 576. The maximum absolute atomic E-state index is 12.4. The molecular weight excluding hydrogens is 334 g/mol. The van der Waals surface area contributed by atoms with E-state index in [1.165, 1.54) is 6.08 Å². The highest BCUT2D eigenvalue weighted by Crippen LogP contribution is 2.20. The number of hydrogen-bond donors (Lipinski definition) is 2. The van der Waals surface area contributed by atoms with Crippen LogP contribution in [0.4, 0.5) is 0 Å². The Morgan fingerprint density at radius 2 is 2.12 bits per heavy atom. The van der Waals surface area contributed by atoms with E-state index in [0.717, 1.165) is 0 Å². The molecule has 2 unspecified atom stereocenters. The van der Waals surface area contributed by atoms with Crippen molar-refractivity contribution in [1.82, 2.24) is 5.32 Å². The zero-order valence-electron chi connectivity index (χ0n) is 13.7. The lowest BCUT2D eigenvalue weighted by Crippen LogP contribution is -2.50. The number of ether oxygens (including phenoxy) is 2. The van der Waals surface area contributed by atoms with E-state index in [2.05, 4.69) is 11.9 Å². The van der Waals surface area contributed by atoms with E-state index < -0.39 is 24.0 Å². The van der Waals surface area contributed by atoms with Crippen molar-refractivity contribution >= 4 is 23.5 Å². The number of rotatable bonds is 10. The van der Waals surface area contributed by atoms with Crippen molar-refractivity contribution in [2.75, 3.05) is 13.2 Å². The number of aliphatic carboxylic acids is 1. The van der Waals surface area contributed by atoms with Gasteiger partial charge in [0.2, 0.25) is 0 Å². The minimum absolute atomic E-state index is 0.158. The highest BCUT2D eigenvalue weighted by atomic mass is 35.5. The monoisotopic (exact) mass is 355 g/mol. The van der Waals surface area contributed by atoms with Crippen LogP contribution < -0.4 is 10.1 Å². The summed E-state index contributed by atoms with van der Waals surface area (Å²) in [6, 6.07) is 5.50. The van der Waals surface area contributed by atoms with E-state index >= 15 is 0 Å². The van der Waals surface area contributed by atoms with Crippen LogP contribution in [0.1, 0.15) is 13.8 Å². The number of carboxylic acids is 1. The van der Waals surface area contributed by atoms with Crippen molar-refractivity contribution in [3.05, 3.63) is 41.9 Å². The van der Waals surface area contributed by atoms with Crippen LogP contribution in [0, 0.1) is 5.92 Å². The zero-order chi connectivity index (χ0) is 18.1. The quantitative estimate of drug-likeness (QED) is 0.497. The Morgan fingerprint density at radius 3 is 2.67 bits per heavy atom. The van der Waals surface area contributed by atoms with Crippen molar-refractivity contribution in [1.29, 1.82) is 0 Å². The summed E-state index contributed by atoms with van der Waals surface area (Å²) in [7, 11) is 0. The van der Waals surface area contributed by atoms with Crippen LogP contribution in [0.5, 0.6) is 5.75 Å². The predicted molar refractivity (Wildman–Crippen MR) is 91.3 cm³/mol. The number of carbonyl (C=O) groups excluding carboxylic acids is 1. The van der Waals surface area contributed by atoms with Gasteiger partial charge in [-0.05, 0) is 24.1 Å². The van der Waals surface area contributed by atoms with E-state index in [1.54, 1.807) is 38.1 Å². The van der Waals surface area contributed by atoms with Crippen molar-refractivity contribution < 1.29 is 24.2 Å². The minimum Gasteiger partial charge on any atom is -0.480 e. The van der Waals surface area contributed by atoms with E-state index in [0.29, 0.717) is 10.8 Å². The first-order valence-corrected chi connectivity index (χ1v) is 7.87. The van der Waals surface area contributed by atoms with E-state index in [-0.39, 0.29) is 19.1 Å². The molecule has 132 valence electrons. The second-order valence-electron chi connectivity index (χ2n) is 5.47. The molecule has 1 aromatic carbocycles. The molecule has 0 spiro atoms. The van der Waals surface area contributed by atoms with Crippen LogP contribution in [-0.4, -0.2) is 42.3 Å². The van der Waals surface area contributed by atoms with Gasteiger partial charge < -0.3 is 19.9 Å². The molecule has 7 heteroatoms. The number of hydrogen-bond acceptors (Lipinski definition) is 4. The van der Waals surface area contributed by atoms with Crippen LogP contribution in [0.15, 0.2) is 36.9 Å². The lowest BCUT2D eigenvalue weighted by atomic mass is 10.1. The smallest absolute Gasteiger partial charge is 0.328 e. The Labute approximate surface area is 146 Å². The normalized spacial score (nSPS) is 13.2. The fourth-order valence-corrected chi connectivity index (χ4v) is 2.06. The summed E-state index contributed by atoms with van der Waals surface area (Å²) in [5.74, 6) is -1.45. The second kappa shape index (κ2) is 9.95. The maximum Gasteiger partial charge on any atom is 0.328 e. The minimum atomic E-state index is -1.18. The molecule has 24 heavy (non-hydrogen) atoms. The average Bonchev–Trinajstić information content (AvgIpc) is 2.51. The molecule has 2 atom stereocenters. The third-order valence-corrected chi connectivity index (χ3v) is 3.29. The Balaban J connectivity index is 2.77. The number of carboxylic acid groups (broad SMARTS) is 1. The summed E-state index contributed by atoms with van der Waals surface area (Å²) < 4.78 is 10.8. The third-order valence-electron chi connectivity index (χ3n) is 3.06. The summed E-state index contributed by atoms with van der Waals surface area (Å²) in [6.45, 7) is 7.13. The molecule has 1 aromatic rings. The van der Waals surface area contributed by atoms with Crippen LogP contribution in [0.25, 0.3) is 0 Å². The first kappa shape index (κ1) is 20.0. The van der Waals surface area contributed by atoms with Gasteiger partial charge in [0, 0.05) is 5.02 Å². The van der Waals surface area contributed by atoms with Gasteiger partial charge in [-0.15, -0.1) is 6.58 Å². The van der Waals surface area contributed by atoms with Crippen molar-refractivity contribution in [2.45, 2.75) is 26.0 Å². The third kappa shape index (κ3) is 6.60. The fourth-order valence-electron chi connectivity index (χ4n) is 1.88. The van der Waals surface area contributed by atoms with Gasteiger partial charge >= 0.3 is 5.97 Å². The molecule has 0 heterocycles. The van der Waals surface area contributed by atoms with E-state index in [1.807, 2.05) is 0 Å². The molecular formula is C17H22ClNO5. The average molecular weight is 356 g/mol. The number of benzene rings is 1. The van der Waals surface area contributed by atoms with Crippen LogP contribution in [0.2, 0.25) is 5.02 Å². The standard InChI is InChI=1S/C17H22ClNO5/c1-4-8-23-10-14(17(21)22)19-16(20)15(11(2)3)24-13-7-5-6-12(18)9-13/h4-7,9,11,14-15H,1,8,10H2,2-3H3,(H,19,20)(H,21,22). The molecule has 0 saturated carbocycles. The molecule has 1 amide bonds. The van der Waals surface area contributed by atoms with Crippen molar-refractivity contribution in [3.8, 4) is 5.75 Å². The van der Waals surface area contributed by atoms with Gasteiger partial charge in [-0.1, -0.05) is 37.6 Å². The molecule has 0 aliphatic heterocycles. The van der Waals surface area contributed by atoms with Gasteiger partial charge in [0.15, 0.2) is 12.1 Å². The van der Waals surface area contributed by atoms with E-state index in [9.17, 15) is 14.7 Å². The SMILES string of the molecule is C=CCOCC(NC(=O)C(Oc1cccc(Cl)c1)C(C)C)C(=O)O. The summed E-state index contributed by atoms with van der Waals surface area (Å²) in [4.78, 5) is 23.7. The molecule has 0 bridgehead atoms. The molecule has 0 aliphatic carbocycles. The number of halogens is 1. The van der Waals surface area contributed by atoms with Gasteiger partial charge in [0.25, 0.3) is 5.91 Å². The van der Waals surface area contributed by atoms with E-state index in [4.69, 9.17) is 21.1 Å². The highest BCUT2D eigenvalue weighted by molar-refractivity contribution is 6.30. The fraction of sp³-hybridized carbons (Fsp3) is 0.412. The molecule has 0 radical (unpaired) electrons. The van der Waals surface area contributed by atoms with Crippen LogP contribution >= 0.6 is 11.6 Å². The molecule has 0 fully saturated rings. The summed E-state index contributed by atoms with van der Waals surface area (Å²) in [6.07, 6.45) is 0.643. The molecule has 2 N–H and O–H groups in total. The first-order chi connectivity index (χ1) is 11.3. The second-order valence-corrected chi connectivity index (χ2v) is 5.90. The Hall–Kier alpha value is -2.05. The van der Waals surface area contributed by atoms with Crippen molar-refractivity contribution in [2.24, 2.45) is 5.92 Å². The van der Waals surface area contributed by atoms with Crippen molar-refractivity contribution in [3.63, 3.8) is 0 Å². The molecule has 1 rings (SSSR count). The van der Waals surface area contributed by atoms with Gasteiger partial charge in [-0.2, -0.15) is 0 Å². The first-order valence-electron chi connectivity index (χ1n) is 7.49. The maximum atomic E-state index is 12.4. The number of carbonyl (C=O) groups is 2. The summed E-state index contributed by atoms with van der Waals surface area (Å²) >= 11 is 5.90. The lowest BCUT2D eigenvalue weighted by molar-refractivity contribution is -0.145. The predicted octanol–water partition coefficient (Wildman–Crippen LogP) is 2.52. The molecule has 0 aromatic heterocycles. The van der Waals surface area contributed by atoms with Crippen LogP contribution in [-0.2, 0) is 14.3 Å².